The highest BCUT2D eigenvalue weighted by atomic mass is 16.5. The monoisotopic (exact) mass is 628 g/mol. The highest BCUT2D eigenvalue weighted by Crippen LogP contribution is 2.64. The van der Waals surface area contributed by atoms with E-state index in [-0.39, 0.29) is 24.2 Å². The van der Waals surface area contributed by atoms with Crippen molar-refractivity contribution in [2.45, 2.75) is 85.2 Å². The second-order valence-corrected chi connectivity index (χ2v) is 15.2. The van der Waals surface area contributed by atoms with Gasteiger partial charge in [-0.15, -0.1) is 0 Å². The summed E-state index contributed by atoms with van der Waals surface area (Å²) in [5.41, 5.74) is -2.18. The Hall–Kier alpha value is -3.65. The molecular formula is C38H44O8. The van der Waals surface area contributed by atoms with Gasteiger partial charge in [-0.3, -0.25) is 24.0 Å². The Bertz CT molecular complexity index is 1680. The van der Waals surface area contributed by atoms with Gasteiger partial charge in [-0.25, -0.2) is 0 Å². The van der Waals surface area contributed by atoms with Gasteiger partial charge in [-0.2, -0.15) is 0 Å². The number of phenolic OH excluding ortho intramolecular Hbond substituents is 1. The first-order chi connectivity index (χ1) is 21.6. The summed E-state index contributed by atoms with van der Waals surface area (Å²) in [4.78, 5) is 69.3. The van der Waals surface area contributed by atoms with Crippen LogP contribution in [0.2, 0.25) is 0 Å². The van der Waals surface area contributed by atoms with E-state index >= 15 is 0 Å². The van der Waals surface area contributed by atoms with Gasteiger partial charge in [0.05, 0.1) is 18.6 Å². The quantitative estimate of drug-likeness (QED) is 0.401. The summed E-state index contributed by atoms with van der Waals surface area (Å²) in [6, 6.07) is 9.29. The molecule has 3 unspecified atom stereocenters. The number of ketones is 5. The number of phenols is 1. The molecule has 0 aliphatic heterocycles. The van der Waals surface area contributed by atoms with Gasteiger partial charge in [0, 0.05) is 16.9 Å². The number of carbonyl (C=O) groups is 5. The van der Waals surface area contributed by atoms with Crippen molar-refractivity contribution in [3.63, 3.8) is 0 Å². The maximum Gasteiger partial charge on any atom is 0.190 e. The zero-order valence-corrected chi connectivity index (χ0v) is 27.6. The van der Waals surface area contributed by atoms with Crippen LogP contribution in [-0.2, 0) is 32.0 Å². The SMILES string of the molecule is COc1ccc(CC2CCCC2)cc1-c1ccc(O)c2c1C[C@]1(C)C[C@]3(C)C(C(C)C)C(=O)C(C(C)=O)C(=O)[C@]3(O)C(=O)C1C2=O. The molecule has 3 fully saturated rings. The van der Waals surface area contributed by atoms with Crippen LogP contribution < -0.4 is 4.74 Å². The van der Waals surface area contributed by atoms with E-state index in [9.17, 15) is 34.2 Å². The van der Waals surface area contributed by atoms with E-state index in [2.05, 4.69) is 12.1 Å². The Morgan fingerprint density at radius 3 is 2.28 bits per heavy atom. The Morgan fingerprint density at radius 1 is 1.00 bits per heavy atom. The van der Waals surface area contributed by atoms with Crippen LogP contribution in [0.15, 0.2) is 30.3 Å². The maximum atomic E-state index is 14.6. The standard InChI is InChI=1S/C38H44O8/c1-19(2)30-32(41)28(20(3)39)34(43)38(45)35(44)31-33(42)29-25(17-36(31,4)18-37(30,38)5)23(12-13-26(29)40)24-16-22(11-14-27(24)46-6)15-21-9-7-8-10-21/h11-14,16,19,21,28,30-31,40,45H,7-10,15,17-18H2,1-6H3/t28?,30?,31?,36-,37-,38+/m1/s1. The molecule has 6 atom stereocenters. The number of fused-ring (bicyclic) bond motifs is 3. The molecule has 244 valence electrons. The van der Waals surface area contributed by atoms with Crippen molar-refractivity contribution in [1.82, 2.24) is 0 Å². The number of Topliss-reactive ketones (excluding diaryl/α,β-unsaturated/α-hetero) is 5. The molecule has 8 nitrogen and oxygen atoms in total. The van der Waals surface area contributed by atoms with Crippen LogP contribution in [0.1, 0.15) is 88.2 Å². The van der Waals surface area contributed by atoms with Crippen molar-refractivity contribution in [3.05, 3.63) is 47.0 Å². The molecule has 0 radical (unpaired) electrons. The summed E-state index contributed by atoms with van der Waals surface area (Å²) in [7, 11) is 1.59. The lowest BCUT2D eigenvalue weighted by Gasteiger charge is -2.61. The Morgan fingerprint density at radius 2 is 1.67 bits per heavy atom. The third-order valence-electron chi connectivity index (χ3n) is 11.8. The first-order valence-electron chi connectivity index (χ1n) is 16.5. The van der Waals surface area contributed by atoms with Gasteiger partial charge in [0.15, 0.2) is 28.7 Å². The van der Waals surface area contributed by atoms with Crippen LogP contribution in [0.25, 0.3) is 11.1 Å². The lowest BCUT2D eigenvalue weighted by molar-refractivity contribution is -0.205. The molecule has 4 aliphatic carbocycles. The van der Waals surface area contributed by atoms with Gasteiger partial charge >= 0.3 is 0 Å². The summed E-state index contributed by atoms with van der Waals surface area (Å²) < 4.78 is 5.78. The number of rotatable bonds is 6. The summed E-state index contributed by atoms with van der Waals surface area (Å²) in [5.74, 6) is -7.77. The van der Waals surface area contributed by atoms with Crippen molar-refractivity contribution >= 4 is 28.9 Å². The second-order valence-electron chi connectivity index (χ2n) is 15.2. The molecule has 8 heteroatoms. The molecule has 46 heavy (non-hydrogen) atoms. The number of aliphatic hydroxyl groups is 1. The Labute approximate surface area is 269 Å². The molecule has 0 spiro atoms. The third kappa shape index (κ3) is 4.39. The fourth-order valence-electron chi connectivity index (χ4n) is 10.0. The summed E-state index contributed by atoms with van der Waals surface area (Å²) >= 11 is 0. The zero-order chi connectivity index (χ0) is 33.5. The fraction of sp³-hybridized carbons (Fsp3) is 0.553. The van der Waals surface area contributed by atoms with Gasteiger partial charge in [0.1, 0.15) is 23.2 Å². The Balaban J connectivity index is 1.52. The molecule has 3 saturated carbocycles. The van der Waals surface area contributed by atoms with Crippen molar-refractivity contribution in [2.75, 3.05) is 7.11 Å². The average Bonchev–Trinajstić information content (AvgIpc) is 3.48. The maximum absolute atomic E-state index is 14.6. The van der Waals surface area contributed by atoms with Crippen LogP contribution in [0.5, 0.6) is 11.5 Å². The highest BCUT2D eigenvalue weighted by Gasteiger charge is 2.76. The van der Waals surface area contributed by atoms with Crippen molar-refractivity contribution in [3.8, 4) is 22.6 Å². The van der Waals surface area contributed by atoms with Crippen LogP contribution in [-0.4, -0.2) is 51.8 Å². The number of methoxy groups -OCH3 is 1. The van der Waals surface area contributed by atoms with Gasteiger partial charge in [-0.1, -0.05) is 65.5 Å². The number of aromatic hydroxyl groups is 1. The predicted molar refractivity (Wildman–Crippen MR) is 171 cm³/mol. The van der Waals surface area contributed by atoms with E-state index in [1.165, 1.54) is 31.7 Å². The number of hydrogen-bond donors (Lipinski definition) is 2. The second kappa shape index (κ2) is 11.0. The predicted octanol–water partition coefficient (Wildman–Crippen LogP) is 5.50. The van der Waals surface area contributed by atoms with E-state index in [0.29, 0.717) is 22.8 Å². The smallest absolute Gasteiger partial charge is 0.190 e. The molecule has 2 aromatic rings. The molecule has 6 rings (SSSR count). The minimum atomic E-state index is -2.71. The van der Waals surface area contributed by atoms with Crippen LogP contribution >= 0.6 is 0 Å². The van der Waals surface area contributed by atoms with Crippen molar-refractivity contribution in [2.24, 2.45) is 40.4 Å². The van der Waals surface area contributed by atoms with Crippen LogP contribution in [0.3, 0.4) is 0 Å². The number of carbonyl (C=O) groups excluding carboxylic acids is 5. The molecular weight excluding hydrogens is 584 g/mol. The van der Waals surface area contributed by atoms with Gasteiger partial charge < -0.3 is 14.9 Å². The molecule has 4 aliphatic rings. The number of hydrogen-bond acceptors (Lipinski definition) is 8. The summed E-state index contributed by atoms with van der Waals surface area (Å²) in [6.07, 6.45) is 5.98. The molecule has 2 N–H and O–H groups in total. The molecule has 0 heterocycles. The molecule has 0 aromatic heterocycles. The largest absolute Gasteiger partial charge is 0.507 e. The van der Waals surface area contributed by atoms with E-state index < -0.39 is 69.0 Å². The third-order valence-corrected chi connectivity index (χ3v) is 11.8. The lowest BCUT2D eigenvalue weighted by atomic mass is 9.40. The number of ether oxygens (including phenoxy) is 1. The van der Waals surface area contributed by atoms with Crippen LogP contribution in [0.4, 0.5) is 0 Å². The zero-order valence-electron chi connectivity index (χ0n) is 27.6. The summed E-state index contributed by atoms with van der Waals surface area (Å²) in [5, 5.41) is 23.4. The van der Waals surface area contributed by atoms with E-state index in [1.54, 1.807) is 40.9 Å². The molecule has 0 amide bonds. The highest BCUT2D eigenvalue weighted by molar-refractivity contribution is 6.32. The topological polar surface area (TPSA) is 135 Å². The van der Waals surface area contributed by atoms with Crippen LogP contribution in [0, 0.1) is 40.4 Å². The van der Waals surface area contributed by atoms with Gasteiger partial charge in [0.25, 0.3) is 0 Å². The van der Waals surface area contributed by atoms with Gasteiger partial charge in [0.2, 0.25) is 0 Å². The Kier molecular flexibility index (Phi) is 7.70. The first-order valence-corrected chi connectivity index (χ1v) is 16.5. The van der Waals surface area contributed by atoms with Crippen molar-refractivity contribution in [1.29, 1.82) is 0 Å². The average molecular weight is 629 g/mol. The normalized spacial score (nSPS) is 32.7. The number of benzene rings is 2. The van der Waals surface area contributed by atoms with Crippen molar-refractivity contribution < 1.29 is 38.9 Å². The fourth-order valence-corrected chi connectivity index (χ4v) is 10.0. The van der Waals surface area contributed by atoms with Gasteiger partial charge in [-0.05, 0) is 78.3 Å². The molecule has 2 aromatic carbocycles. The van der Waals surface area contributed by atoms with E-state index in [0.717, 1.165) is 24.5 Å². The molecule has 0 saturated heterocycles. The minimum Gasteiger partial charge on any atom is -0.507 e. The minimum absolute atomic E-state index is 0.00774. The van der Waals surface area contributed by atoms with E-state index in [1.807, 2.05) is 6.07 Å². The first kappa shape index (κ1) is 32.3. The lowest BCUT2D eigenvalue weighted by Crippen LogP contribution is -2.76. The molecule has 0 bridgehead atoms. The van der Waals surface area contributed by atoms with E-state index in [4.69, 9.17) is 4.74 Å². The summed E-state index contributed by atoms with van der Waals surface area (Å²) in [6.45, 7) is 8.05.